The van der Waals surface area contributed by atoms with Crippen LogP contribution in [0.25, 0.3) is 0 Å². The Kier molecular flexibility index (Phi) is 9.66. The number of aliphatic hydroxyl groups is 1. The molecule has 0 aliphatic rings. The van der Waals surface area contributed by atoms with Gasteiger partial charge in [-0.05, 0) is 0 Å². The Labute approximate surface area is 84.0 Å². The van der Waals surface area contributed by atoms with Crippen molar-refractivity contribution in [3.63, 3.8) is 0 Å². The highest BCUT2D eigenvalue weighted by Crippen LogP contribution is 1.80. The average molecular weight is 205 g/mol. The van der Waals surface area contributed by atoms with E-state index in [1.165, 1.54) is 0 Å². The molecule has 0 bridgehead atoms. The Morgan fingerprint density at radius 1 is 1.43 bits per heavy atom. The zero-order chi connectivity index (χ0) is 10.6. The molecular weight excluding hydrogens is 186 g/mol. The lowest BCUT2D eigenvalue weighted by Gasteiger charge is -2.05. The summed E-state index contributed by atoms with van der Waals surface area (Å²) in [4.78, 5) is 0. The van der Waals surface area contributed by atoms with Gasteiger partial charge in [0.25, 0.3) is 0 Å². The zero-order valence-electron chi connectivity index (χ0n) is 8.45. The molecule has 0 radical (unpaired) electrons. The summed E-state index contributed by atoms with van der Waals surface area (Å²) < 4.78 is 10.00. The van der Waals surface area contributed by atoms with Gasteiger partial charge in [0, 0.05) is 19.9 Å². The number of ether oxygens (including phenoxy) is 2. The predicted octanol–water partition coefficient (Wildman–Crippen LogP) is -1.46. The number of methoxy groups -OCH3 is 1. The number of nitrogens with one attached hydrogen (secondary N) is 2. The smallest absolute Gasteiger partial charge is 0.0855 e. The van der Waals surface area contributed by atoms with E-state index >= 15 is 0 Å². The molecule has 0 aromatic heterocycles. The number of rotatable bonds is 9. The Hall–Kier alpha value is -0.820. The predicted molar refractivity (Wildman–Crippen MR) is 53.2 cm³/mol. The molecule has 0 aliphatic carbocycles. The first kappa shape index (κ1) is 13.2. The fourth-order valence-corrected chi connectivity index (χ4v) is 0.704. The normalized spacial score (nSPS) is 11.5. The molecule has 6 nitrogen and oxygen atoms in total. The van der Waals surface area contributed by atoms with Crippen LogP contribution in [0.5, 0.6) is 0 Å². The van der Waals surface area contributed by atoms with Crippen molar-refractivity contribution in [1.29, 1.82) is 0 Å². The second kappa shape index (κ2) is 10.3. The van der Waals surface area contributed by atoms with E-state index in [2.05, 4.69) is 10.7 Å². The van der Waals surface area contributed by atoms with Crippen molar-refractivity contribution >= 4 is 0 Å². The molecule has 0 atom stereocenters. The van der Waals surface area contributed by atoms with Crippen LogP contribution in [-0.2, 0) is 9.47 Å². The Morgan fingerprint density at radius 2 is 2.21 bits per heavy atom. The largest absolute Gasteiger partial charge is 0.390 e. The number of hydrogen-bond acceptors (Lipinski definition) is 6. The summed E-state index contributed by atoms with van der Waals surface area (Å²) in [6.07, 6.45) is 1.61. The Balaban J connectivity index is 3.23. The summed E-state index contributed by atoms with van der Waals surface area (Å²) in [6, 6.07) is 0. The molecule has 5 N–H and O–H groups in total. The molecule has 0 fully saturated rings. The fourth-order valence-electron chi connectivity index (χ4n) is 0.704. The molecule has 0 aliphatic heterocycles. The van der Waals surface area contributed by atoms with Crippen molar-refractivity contribution in [2.24, 2.45) is 5.84 Å². The molecule has 0 saturated heterocycles. The second-order valence-corrected chi connectivity index (χ2v) is 2.53. The van der Waals surface area contributed by atoms with E-state index < -0.39 is 0 Å². The molecule has 0 amide bonds. The lowest BCUT2D eigenvalue weighted by atomic mass is 10.5. The maximum Gasteiger partial charge on any atom is 0.0855 e. The zero-order valence-corrected chi connectivity index (χ0v) is 8.45. The van der Waals surface area contributed by atoms with Crippen molar-refractivity contribution in [2.75, 3.05) is 40.1 Å². The SMILES string of the molecule is COCCOCCN/C=C(/CO)NN. The van der Waals surface area contributed by atoms with E-state index in [4.69, 9.17) is 20.4 Å². The first-order chi connectivity index (χ1) is 6.85. The number of hydrazine groups is 1. The molecule has 0 unspecified atom stereocenters. The van der Waals surface area contributed by atoms with E-state index in [0.717, 1.165) is 0 Å². The molecule has 0 aromatic rings. The standard InChI is InChI=1S/C8H19N3O3/c1-13-4-5-14-3-2-10-6-8(7-12)11-9/h6,10-12H,2-5,7,9H2,1H3/b8-6-. The molecule has 0 saturated carbocycles. The van der Waals surface area contributed by atoms with Crippen molar-refractivity contribution in [3.05, 3.63) is 11.9 Å². The maximum atomic E-state index is 8.70. The van der Waals surface area contributed by atoms with E-state index in [9.17, 15) is 0 Å². The Morgan fingerprint density at radius 3 is 2.79 bits per heavy atom. The third-order valence-corrected chi connectivity index (χ3v) is 1.45. The van der Waals surface area contributed by atoms with Gasteiger partial charge in [0.2, 0.25) is 0 Å². The highest BCUT2D eigenvalue weighted by Gasteiger charge is 1.89. The van der Waals surface area contributed by atoms with Crippen LogP contribution >= 0.6 is 0 Å². The average Bonchev–Trinajstić information content (AvgIpc) is 2.22. The summed E-state index contributed by atoms with van der Waals surface area (Å²) in [5, 5.41) is 11.6. The highest BCUT2D eigenvalue weighted by molar-refractivity contribution is 4.95. The van der Waals surface area contributed by atoms with Crippen molar-refractivity contribution < 1.29 is 14.6 Å². The second-order valence-electron chi connectivity index (χ2n) is 2.53. The minimum Gasteiger partial charge on any atom is -0.390 e. The van der Waals surface area contributed by atoms with Gasteiger partial charge in [-0.15, -0.1) is 0 Å². The molecule has 0 rings (SSSR count). The number of hydrogen-bond donors (Lipinski definition) is 4. The van der Waals surface area contributed by atoms with Gasteiger partial charge >= 0.3 is 0 Å². The molecular formula is C8H19N3O3. The summed E-state index contributed by atoms with van der Waals surface area (Å²) in [5.74, 6) is 5.10. The minimum atomic E-state index is -0.117. The van der Waals surface area contributed by atoms with Crippen LogP contribution in [0.2, 0.25) is 0 Å². The molecule has 0 aromatic carbocycles. The highest BCUT2D eigenvalue weighted by atomic mass is 16.5. The lowest BCUT2D eigenvalue weighted by Crippen LogP contribution is -2.26. The van der Waals surface area contributed by atoms with Crippen LogP contribution in [0.1, 0.15) is 0 Å². The molecule has 0 spiro atoms. The minimum absolute atomic E-state index is 0.117. The number of aliphatic hydroxyl groups excluding tert-OH is 1. The van der Waals surface area contributed by atoms with Crippen LogP contribution in [0, 0.1) is 0 Å². The van der Waals surface area contributed by atoms with Gasteiger partial charge < -0.3 is 25.3 Å². The van der Waals surface area contributed by atoms with E-state index in [-0.39, 0.29) is 6.61 Å². The van der Waals surface area contributed by atoms with Gasteiger partial charge in [0.1, 0.15) is 0 Å². The molecule has 6 heteroatoms. The number of nitrogens with two attached hydrogens (primary N) is 1. The van der Waals surface area contributed by atoms with Gasteiger partial charge in [0.15, 0.2) is 0 Å². The summed E-state index contributed by atoms with van der Waals surface area (Å²) in [5.41, 5.74) is 2.88. The molecule has 0 heterocycles. The summed E-state index contributed by atoms with van der Waals surface area (Å²) >= 11 is 0. The van der Waals surface area contributed by atoms with Crippen molar-refractivity contribution in [2.45, 2.75) is 0 Å². The fraction of sp³-hybridized carbons (Fsp3) is 0.750. The third kappa shape index (κ3) is 7.81. The van der Waals surface area contributed by atoms with Crippen LogP contribution < -0.4 is 16.6 Å². The third-order valence-electron chi connectivity index (χ3n) is 1.45. The van der Waals surface area contributed by atoms with E-state index in [1.54, 1.807) is 13.3 Å². The monoisotopic (exact) mass is 205 g/mol. The van der Waals surface area contributed by atoms with Crippen LogP contribution in [0.3, 0.4) is 0 Å². The molecule has 84 valence electrons. The first-order valence-electron chi connectivity index (χ1n) is 4.41. The maximum absolute atomic E-state index is 8.70. The van der Waals surface area contributed by atoms with Crippen LogP contribution in [-0.4, -0.2) is 45.2 Å². The van der Waals surface area contributed by atoms with Gasteiger partial charge in [-0.25, -0.2) is 0 Å². The summed E-state index contributed by atoms with van der Waals surface area (Å²) in [6.45, 7) is 2.32. The molecule has 14 heavy (non-hydrogen) atoms. The van der Waals surface area contributed by atoms with Gasteiger partial charge in [-0.2, -0.15) is 0 Å². The van der Waals surface area contributed by atoms with Gasteiger partial charge in [0.05, 0.1) is 32.1 Å². The van der Waals surface area contributed by atoms with E-state index in [1.807, 2.05) is 0 Å². The Bertz CT molecular complexity index is 147. The van der Waals surface area contributed by atoms with Gasteiger partial charge in [-0.1, -0.05) is 0 Å². The van der Waals surface area contributed by atoms with Gasteiger partial charge in [-0.3, -0.25) is 5.84 Å². The van der Waals surface area contributed by atoms with Crippen molar-refractivity contribution in [1.82, 2.24) is 10.7 Å². The first-order valence-corrected chi connectivity index (χ1v) is 4.41. The van der Waals surface area contributed by atoms with E-state index in [0.29, 0.717) is 32.1 Å². The topological polar surface area (TPSA) is 88.8 Å². The summed E-state index contributed by atoms with van der Waals surface area (Å²) in [7, 11) is 1.63. The van der Waals surface area contributed by atoms with Crippen LogP contribution in [0.4, 0.5) is 0 Å². The lowest BCUT2D eigenvalue weighted by molar-refractivity contribution is 0.0730. The van der Waals surface area contributed by atoms with Crippen molar-refractivity contribution in [3.8, 4) is 0 Å². The van der Waals surface area contributed by atoms with Crippen LogP contribution in [0.15, 0.2) is 11.9 Å². The quantitative estimate of drug-likeness (QED) is 0.209.